The number of hydrogen-bond acceptors (Lipinski definition) is 2. The number of aryl methyl sites for hydroxylation is 2. The molecular formula is C14H12BrF4N3O. The SMILES string of the molecule is Cc1nn(CCC(=O)Nc2c(F)c(F)cc(F)c2F)c(C)c1Br. The molecule has 0 atom stereocenters. The maximum atomic E-state index is 13.5. The summed E-state index contributed by atoms with van der Waals surface area (Å²) in [6.45, 7) is 3.70. The number of hydrogen-bond donors (Lipinski definition) is 1. The molecule has 0 saturated heterocycles. The summed E-state index contributed by atoms with van der Waals surface area (Å²) in [6, 6.07) is 0.0771. The number of carbonyl (C=O) groups excluding carboxylic acids is 1. The lowest BCUT2D eigenvalue weighted by molar-refractivity contribution is -0.116. The molecule has 0 fully saturated rings. The molecule has 0 unspecified atom stereocenters. The summed E-state index contributed by atoms with van der Waals surface area (Å²) in [5.74, 6) is -7.25. The lowest BCUT2D eigenvalue weighted by Crippen LogP contribution is -2.18. The van der Waals surface area contributed by atoms with Crippen LogP contribution in [0.2, 0.25) is 0 Å². The van der Waals surface area contributed by atoms with Crippen molar-refractivity contribution in [3.8, 4) is 0 Å². The average molecular weight is 394 g/mol. The predicted molar refractivity (Wildman–Crippen MR) is 78.9 cm³/mol. The number of aromatic nitrogens is 2. The second-order valence-electron chi connectivity index (χ2n) is 4.85. The molecule has 0 radical (unpaired) electrons. The van der Waals surface area contributed by atoms with Gasteiger partial charge in [-0.25, -0.2) is 17.6 Å². The van der Waals surface area contributed by atoms with Crippen LogP contribution in [0.4, 0.5) is 23.2 Å². The van der Waals surface area contributed by atoms with E-state index >= 15 is 0 Å². The van der Waals surface area contributed by atoms with E-state index in [1.807, 2.05) is 5.32 Å². The van der Waals surface area contributed by atoms with Crippen LogP contribution >= 0.6 is 15.9 Å². The second kappa shape index (κ2) is 6.69. The number of halogens is 5. The van der Waals surface area contributed by atoms with Gasteiger partial charge in [-0.2, -0.15) is 5.10 Å². The molecule has 2 rings (SSSR count). The Kier molecular flexibility index (Phi) is 5.08. The highest BCUT2D eigenvalue weighted by molar-refractivity contribution is 9.10. The summed E-state index contributed by atoms with van der Waals surface area (Å²) in [4.78, 5) is 11.8. The second-order valence-corrected chi connectivity index (χ2v) is 5.64. The first-order chi connectivity index (χ1) is 10.7. The third-order valence-corrected chi connectivity index (χ3v) is 4.37. The van der Waals surface area contributed by atoms with Crippen molar-refractivity contribution >= 4 is 27.5 Å². The number of benzene rings is 1. The van der Waals surface area contributed by atoms with Gasteiger partial charge in [0.1, 0.15) is 5.69 Å². The molecule has 0 aliphatic heterocycles. The lowest BCUT2D eigenvalue weighted by atomic mass is 10.2. The van der Waals surface area contributed by atoms with Crippen molar-refractivity contribution in [3.63, 3.8) is 0 Å². The fourth-order valence-corrected chi connectivity index (χ4v) is 2.27. The van der Waals surface area contributed by atoms with Gasteiger partial charge in [0, 0.05) is 18.2 Å². The van der Waals surface area contributed by atoms with Crippen LogP contribution in [0.5, 0.6) is 0 Å². The van der Waals surface area contributed by atoms with Gasteiger partial charge < -0.3 is 5.32 Å². The van der Waals surface area contributed by atoms with Crippen LogP contribution in [-0.4, -0.2) is 15.7 Å². The normalized spacial score (nSPS) is 10.9. The fraction of sp³-hybridized carbons (Fsp3) is 0.286. The van der Waals surface area contributed by atoms with Gasteiger partial charge in [0.25, 0.3) is 0 Å². The van der Waals surface area contributed by atoms with E-state index in [4.69, 9.17) is 0 Å². The maximum Gasteiger partial charge on any atom is 0.226 e. The molecule has 9 heteroatoms. The summed E-state index contributed by atoms with van der Waals surface area (Å²) in [5.41, 5.74) is 0.374. The minimum atomic E-state index is -1.65. The van der Waals surface area contributed by atoms with E-state index in [1.54, 1.807) is 13.8 Å². The van der Waals surface area contributed by atoms with Crippen LogP contribution in [-0.2, 0) is 11.3 Å². The molecule has 1 aromatic heterocycles. The zero-order valence-corrected chi connectivity index (χ0v) is 13.8. The lowest BCUT2D eigenvalue weighted by Gasteiger charge is -2.09. The molecule has 0 saturated carbocycles. The van der Waals surface area contributed by atoms with E-state index in [2.05, 4.69) is 21.0 Å². The molecule has 23 heavy (non-hydrogen) atoms. The minimum Gasteiger partial charge on any atom is -0.321 e. The number of anilines is 1. The molecule has 0 aliphatic carbocycles. The van der Waals surface area contributed by atoms with Crippen molar-refractivity contribution in [1.82, 2.24) is 9.78 Å². The predicted octanol–water partition coefficient (Wildman–Crippen LogP) is 3.85. The van der Waals surface area contributed by atoms with Gasteiger partial charge in [-0.1, -0.05) is 0 Å². The van der Waals surface area contributed by atoms with Crippen LogP contribution in [0, 0.1) is 37.1 Å². The number of amides is 1. The molecule has 2 aromatic rings. The van der Waals surface area contributed by atoms with Crippen molar-refractivity contribution in [1.29, 1.82) is 0 Å². The maximum absolute atomic E-state index is 13.5. The van der Waals surface area contributed by atoms with Gasteiger partial charge in [-0.3, -0.25) is 9.48 Å². The van der Waals surface area contributed by atoms with Gasteiger partial charge in [-0.05, 0) is 29.8 Å². The standard InChI is InChI=1S/C14H12BrF4N3O/c1-6-11(15)7(2)22(21-6)4-3-10(23)20-14-12(18)8(16)5-9(17)13(14)19/h5H,3-4H2,1-2H3,(H,20,23). The van der Waals surface area contributed by atoms with E-state index in [-0.39, 0.29) is 19.0 Å². The molecule has 1 N–H and O–H groups in total. The molecule has 1 amide bonds. The summed E-state index contributed by atoms with van der Waals surface area (Å²) < 4.78 is 55.4. The van der Waals surface area contributed by atoms with Gasteiger partial charge in [0.2, 0.25) is 5.91 Å². The Hall–Kier alpha value is -1.90. The van der Waals surface area contributed by atoms with Crippen LogP contribution in [0.15, 0.2) is 10.5 Å². The summed E-state index contributed by atoms with van der Waals surface area (Å²) in [7, 11) is 0. The van der Waals surface area contributed by atoms with Crippen LogP contribution in [0.25, 0.3) is 0 Å². The molecule has 1 heterocycles. The Morgan fingerprint density at radius 1 is 1.22 bits per heavy atom. The first kappa shape index (κ1) is 17.5. The third-order valence-electron chi connectivity index (χ3n) is 3.22. The molecule has 4 nitrogen and oxygen atoms in total. The Morgan fingerprint density at radius 3 is 2.26 bits per heavy atom. The molecular weight excluding hydrogens is 382 g/mol. The molecule has 1 aromatic carbocycles. The monoisotopic (exact) mass is 393 g/mol. The highest BCUT2D eigenvalue weighted by Crippen LogP contribution is 2.24. The molecule has 124 valence electrons. The Labute approximate surface area is 137 Å². The zero-order valence-electron chi connectivity index (χ0n) is 12.2. The summed E-state index contributed by atoms with van der Waals surface area (Å²) in [6.07, 6.45) is -0.175. The van der Waals surface area contributed by atoms with Crippen molar-refractivity contribution in [2.45, 2.75) is 26.8 Å². The fourth-order valence-electron chi connectivity index (χ4n) is 1.99. The number of nitrogens with zero attached hydrogens (tertiary/aromatic N) is 2. The molecule has 0 bridgehead atoms. The number of carbonyl (C=O) groups is 1. The van der Waals surface area contributed by atoms with E-state index in [0.717, 1.165) is 15.9 Å². The highest BCUT2D eigenvalue weighted by Gasteiger charge is 2.21. The largest absolute Gasteiger partial charge is 0.321 e. The Bertz CT molecular complexity index is 750. The van der Waals surface area contributed by atoms with E-state index < -0.39 is 34.9 Å². The van der Waals surface area contributed by atoms with Crippen molar-refractivity contribution in [2.75, 3.05) is 5.32 Å². The Morgan fingerprint density at radius 2 is 1.78 bits per heavy atom. The van der Waals surface area contributed by atoms with Gasteiger partial charge in [0.05, 0.1) is 16.7 Å². The van der Waals surface area contributed by atoms with Crippen molar-refractivity contribution < 1.29 is 22.4 Å². The third kappa shape index (κ3) is 3.54. The van der Waals surface area contributed by atoms with E-state index in [1.165, 1.54) is 4.68 Å². The summed E-state index contributed by atoms with van der Waals surface area (Å²) in [5, 5.41) is 6.02. The molecule has 0 spiro atoms. The topological polar surface area (TPSA) is 46.9 Å². The van der Waals surface area contributed by atoms with E-state index in [0.29, 0.717) is 0 Å². The number of rotatable bonds is 4. The van der Waals surface area contributed by atoms with E-state index in [9.17, 15) is 22.4 Å². The number of nitrogens with one attached hydrogen (secondary N) is 1. The van der Waals surface area contributed by atoms with Gasteiger partial charge in [0.15, 0.2) is 23.3 Å². The minimum absolute atomic E-state index is 0.0771. The van der Waals surface area contributed by atoms with Crippen LogP contribution in [0.3, 0.4) is 0 Å². The zero-order chi connectivity index (χ0) is 17.3. The van der Waals surface area contributed by atoms with Crippen molar-refractivity contribution in [2.24, 2.45) is 0 Å². The average Bonchev–Trinajstić information content (AvgIpc) is 2.74. The molecule has 0 aliphatic rings. The van der Waals surface area contributed by atoms with Gasteiger partial charge in [-0.15, -0.1) is 0 Å². The quantitative estimate of drug-likeness (QED) is 0.633. The summed E-state index contributed by atoms with van der Waals surface area (Å²) >= 11 is 3.33. The Balaban J connectivity index is 2.10. The van der Waals surface area contributed by atoms with Gasteiger partial charge >= 0.3 is 0 Å². The van der Waals surface area contributed by atoms with Crippen molar-refractivity contribution in [3.05, 3.63) is 45.2 Å². The first-order valence-corrected chi connectivity index (χ1v) is 7.34. The first-order valence-electron chi connectivity index (χ1n) is 6.54. The van der Waals surface area contributed by atoms with Crippen LogP contribution < -0.4 is 5.32 Å². The smallest absolute Gasteiger partial charge is 0.226 e. The highest BCUT2D eigenvalue weighted by atomic mass is 79.9. The van der Waals surface area contributed by atoms with Crippen LogP contribution in [0.1, 0.15) is 17.8 Å².